The van der Waals surface area contributed by atoms with Gasteiger partial charge in [0.25, 0.3) is 0 Å². The van der Waals surface area contributed by atoms with Gasteiger partial charge in [-0.3, -0.25) is 4.90 Å². The molecule has 2 rings (SSSR count). The third-order valence-corrected chi connectivity index (χ3v) is 2.51. The summed E-state index contributed by atoms with van der Waals surface area (Å²) in [6, 6.07) is 6.50. The van der Waals surface area contributed by atoms with Crippen molar-refractivity contribution in [3.63, 3.8) is 0 Å². The minimum Gasteiger partial charge on any atom is -0.312 e. The van der Waals surface area contributed by atoms with Gasteiger partial charge in [-0.15, -0.1) is 0 Å². The molecule has 0 aliphatic carbocycles. The molecule has 1 atom stereocenters. The molecule has 1 aromatic rings. The summed E-state index contributed by atoms with van der Waals surface area (Å²) >= 11 is 0. The smallest absolute Gasteiger partial charge is 0.0839 e. The van der Waals surface area contributed by atoms with E-state index in [0.29, 0.717) is 0 Å². The Morgan fingerprint density at radius 2 is 2.25 bits per heavy atom. The van der Waals surface area contributed by atoms with Gasteiger partial charge in [0.1, 0.15) is 0 Å². The van der Waals surface area contributed by atoms with Gasteiger partial charge in [-0.1, -0.05) is 23.8 Å². The molecule has 1 heterocycles. The predicted molar refractivity (Wildman–Crippen MR) is 49.6 cm³/mol. The molecule has 0 fully saturated rings. The van der Waals surface area contributed by atoms with Gasteiger partial charge < -0.3 is 5.73 Å². The molecule has 2 nitrogen and oxygen atoms in total. The molecule has 0 bridgehead atoms. The van der Waals surface area contributed by atoms with Crippen LogP contribution in [0.25, 0.3) is 0 Å². The third kappa shape index (κ3) is 1.04. The topological polar surface area (TPSA) is 29.3 Å². The normalized spacial score (nSPS) is 22.8. The van der Waals surface area contributed by atoms with Crippen LogP contribution in [-0.4, -0.2) is 11.9 Å². The number of nitrogens with two attached hydrogens (primary N) is 1. The SMILES string of the molecule is Cc1ccc2c(c1)C(N)N(C)C2. The van der Waals surface area contributed by atoms with Crippen LogP contribution >= 0.6 is 0 Å². The second kappa shape index (κ2) is 2.57. The Bertz CT molecular complexity index is 307. The van der Waals surface area contributed by atoms with Crippen LogP contribution in [0.4, 0.5) is 0 Å². The Labute approximate surface area is 73.0 Å². The molecule has 0 spiro atoms. The van der Waals surface area contributed by atoms with Gasteiger partial charge in [0.15, 0.2) is 0 Å². The Hall–Kier alpha value is -0.860. The van der Waals surface area contributed by atoms with Crippen molar-refractivity contribution in [2.45, 2.75) is 19.6 Å². The Morgan fingerprint density at radius 3 is 3.00 bits per heavy atom. The molecular formula is C10H14N2. The lowest BCUT2D eigenvalue weighted by Crippen LogP contribution is -2.23. The van der Waals surface area contributed by atoms with Crippen molar-refractivity contribution in [3.8, 4) is 0 Å². The van der Waals surface area contributed by atoms with Crippen LogP contribution in [0.5, 0.6) is 0 Å². The van der Waals surface area contributed by atoms with E-state index in [2.05, 4.69) is 37.1 Å². The van der Waals surface area contributed by atoms with E-state index >= 15 is 0 Å². The minimum absolute atomic E-state index is 0.0971. The first kappa shape index (κ1) is 7.77. The number of hydrogen-bond donors (Lipinski definition) is 1. The molecule has 2 N–H and O–H groups in total. The largest absolute Gasteiger partial charge is 0.312 e. The number of benzene rings is 1. The van der Waals surface area contributed by atoms with E-state index in [1.165, 1.54) is 16.7 Å². The fraction of sp³-hybridized carbons (Fsp3) is 0.400. The van der Waals surface area contributed by atoms with E-state index in [9.17, 15) is 0 Å². The number of hydrogen-bond acceptors (Lipinski definition) is 2. The van der Waals surface area contributed by atoms with Crippen LogP contribution in [-0.2, 0) is 6.54 Å². The van der Waals surface area contributed by atoms with E-state index in [0.717, 1.165) is 6.54 Å². The van der Waals surface area contributed by atoms with Gasteiger partial charge in [0.2, 0.25) is 0 Å². The van der Waals surface area contributed by atoms with Gasteiger partial charge in [-0.05, 0) is 25.1 Å². The lowest BCUT2D eigenvalue weighted by atomic mass is 10.1. The van der Waals surface area contributed by atoms with E-state index in [4.69, 9.17) is 5.73 Å². The van der Waals surface area contributed by atoms with Crippen LogP contribution in [0.3, 0.4) is 0 Å². The molecule has 2 heteroatoms. The van der Waals surface area contributed by atoms with E-state index in [1.54, 1.807) is 0 Å². The number of fused-ring (bicyclic) bond motifs is 1. The summed E-state index contributed by atoms with van der Waals surface area (Å²) in [5, 5.41) is 0. The highest BCUT2D eigenvalue weighted by atomic mass is 15.2. The van der Waals surface area contributed by atoms with E-state index in [1.807, 2.05) is 0 Å². The maximum atomic E-state index is 5.98. The highest BCUT2D eigenvalue weighted by molar-refractivity contribution is 5.36. The molecule has 0 amide bonds. The Morgan fingerprint density at radius 1 is 1.50 bits per heavy atom. The first-order valence-electron chi connectivity index (χ1n) is 4.24. The summed E-state index contributed by atoms with van der Waals surface area (Å²) in [5.41, 5.74) is 9.94. The van der Waals surface area contributed by atoms with Gasteiger partial charge in [-0.25, -0.2) is 0 Å². The highest BCUT2D eigenvalue weighted by Gasteiger charge is 2.23. The molecule has 0 saturated heterocycles. The molecule has 1 aliphatic heterocycles. The summed E-state index contributed by atoms with van der Waals surface area (Å²) in [7, 11) is 2.06. The zero-order chi connectivity index (χ0) is 8.72. The Kier molecular flexibility index (Phi) is 1.67. The average molecular weight is 162 g/mol. The summed E-state index contributed by atoms with van der Waals surface area (Å²) in [6.07, 6.45) is 0.0971. The Balaban J connectivity index is 2.48. The molecule has 0 saturated carbocycles. The van der Waals surface area contributed by atoms with E-state index in [-0.39, 0.29) is 6.17 Å². The predicted octanol–water partition coefficient (Wildman–Crippen LogP) is 1.40. The number of rotatable bonds is 0. The van der Waals surface area contributed by atoms with Gasteiger partial charge in [0.05, 0.1) is 6.17 Å². The minimum atomic E-state index is 0.0971. The zero-order valence-electron chi connectivity index (χ0n) is 7.54. The highest BCUT2D eigenvalue weighted by Crippen LogP contribution is 2.28. The monoisotopic (exact) mass is 162 g/mol. The number of nitrogens with zero attached hydrogens (tertiary/aromatic N) is 1. The lowest BCUT2D eigenvalue weighted by Gasteiger charge is -2.14. The second-order valence-electron chi connectivity index (χ2n) is 3.56. The molecule has 1 unspecified atom stereocenters. The van der Waals surface area contributed by atoms with Crippen LogP contribution in [0.15, 0.2) is 18.2 Å². The molecular weight excluding hydrogens is 148 g/mol. The molecule has 12 heavy (non-hydrogen) atoms. The summed E-state index contributed by atoms with van der Waals surface area (Å²) in [4.78, 5) is 2.16. The first-order valence-corrected chi connectivity index (χ1v) is 4.24. The van der Waals surface area contributed by atoms with Gasteiger partial charge in [0, 0.05) is 6.54 Å². The fourth-order valence-electron chi connectivity index (χ4n) is 1.74. The fourth-order valence-corrected chi connectivity index (χ4v) is 1.74. The molecule has 0 aromatic heterocycles. The third-order valence-electron chi connectivity index (χ3n) is 2.51. The standard InChI is InChI=1S/C10H14N2/c1-7-3-4-8-6-12(2)10(11)9(8)5-7/h3-5,10H,6,11H2,1-2H3. The zero-order valence-corrected chi connectivity index (χ0v) is 7.54. The van der Waals surface area contributed by atoms with Crippen molar-refractivity contribution < 1.29 is 0 Å². The van der Waals surface area contributed by atoms with Gasteiger partial charge >= 0.3 is 0 Å². The van der Waals surface area contributed by atoms with Crippen molar-refractivity contribution in [2.75, 3.05) is 7.05 Å². The molecule has 64 valence electrons. The first-order chi connectivity index (χ1) is 5.68. The van der Waals surface area contributed by atoms with Crippen LogP contribution in [0, 0.1) is 6.92 Å². The van der Waals surface area contributed by atoms with Crippen molar-refractivity contribution in [1.29, 1.82) is 0 Å². The van der Waals surface area contributed by atoms with Crippen LogP contribution in [0.1, 0.15) is 22.9 Å². The average Bonchev–Trinajstić information content (AvgIpc) is 2.31. The van der Waals surface area contributed by atoms with E-state index < -0.39 is 0 Å². The van der Waals surface area contributed by atoms with Crippen LogP contribution < -0.4 is 5.73 Å². The lowest BCUT2D eigenvalue weighted by molar-refractivity contribution is 0.275. The maximum Gasteiger partial charge on any atom is 0.0839 e. The van der Waals surface area contributed by atoms with Crippen molar-refractivity contribution in [3.05, 3.63) is 34.9 Å². The quantitative estimate of drug-likeness (QED) is 0.624. The van der Waals surface area contributed by atoms with Crippen LogP contribution in [0.2, 0.25) is 0 Å². The van der Waals surface area contributed by atoms with Crippen molar-refractivity contribution in [1.82, 2.24) is 4.90 Å². The van der Waals surface area contributed by atoms with Gasteiger partial charge in [-0.2, -0.15) is 0 Å². The summed E-state index contributed by atoms with van der Waals surface area (Å²) in [5.74, 6) is 0. The van der Waals surface area contributed by atoms with Crippen molar-refractivity contribution in [2.24, 2.45) is 5.73 Å². The second-order valence-corrected chi connectivity index (χ2v) is 3.56. The molecule has 0 radical (unpaired) electrons. The maximum absolute atomic E-state index is 5.98. The summed E-state index contributed by atoms with van der Waals surface area (Å²) in [6.45, 7) is 3.09. The van der Waals surface area contributed by atoms with Crippen molar-refractivity contribution >= 4 is 0 Å². The molecule has 1 aliphatic rings. The molecule has 1 aromatic carbocycles. The number of aryl methyl sites for hydroxylation is 1. The summed E-state index contributed by atoms with van der Waals surface area (Å²) < 4.78 is 0.